The van der Waals surface area contributed by atoms with Gasteiger partial charge in [0.25, 0.3) is 0 Å². The van der Waals surface area contributed by atoms with Gasteiger partial charge in [-0.2, -0.15) is 26.3 Å². The van der Waals surface area contributed by atoms with E-state index >= 15 is 0 Å². The van der Waals surface area contributed by atoms with E-state index in [0.717, 1.165) is 12.3 Å². The molecule has 0 aliphatic carbocycles. The van der Waals surface area contributed by atoms with Crippen molar-refractivity contribution in [1.82, 2.24) is 15.3 Å². The molecule has 1 aromatic rings. The number of nitrogens with one attached hydrogen (secondary N) is 1. The number of aromatic nitrogens is 2. The molecular formula is C13H14F6N4O. The molecule has 134 valence electrons. The van der Waals surface area contributed by atoms with E-state index in [1.54, 1.807) is 5.32 Å². The Morgan fingerprint density at radius 2 is 2.00 bits per heavy atom. The molecule has 2 rings (SSSR count). The van der Waals surface area contributed by atoms with E-state index in [4.69, 9.17) is 0 Å². The summed E-state index contributed by atoms with van der Waals surface area (Å²) in [6, 6.07) is 0.723. The highest BCUT2D eigenvalue weighted by Gasteiger charge is 2.35. The lowest BCUT2D eigenvalue weighted by Crippen LogP contribution is -2.45. The molecule has 0 saturated carbocycles. The maximum absolute atomic E-state index is 12.7. The summed E-state index contributed by atoms with van der Waals surface area (Å²) in [6.07, 6.45) is -7.41. The minimum atomic E-state index is -4.63. The number of piperidine rings is 1. The van der Waals surface area contributed by atoms with E-state index in [1.807, 2.05) is 0 Å². The van der Waals surface area contributed by atoms with Crippen molar-refractivity contribution >= 4 is 11.9 Å². The first-order valence-corrected chi connectivity index (χ1v) is 7.06. The molecule has 1 saturated heterocycles. The van der Waals surface area contributed by atoms with Gasteiger partial charge in [-0.1, -0.05) is 0 Å². The maximum atomic E-state index is 12.7. The van der Waals surface area contributed by atoms with Gasteiger partial charge in [-0.3, -0.25) is 4.79 Å². The van der Waals surface area contributed by atoms with E-state index in [2.05, 4.69) is 9.97 Å². The van der Waals surface area contributed by atoms with Crippen molar-refractivity contribution in [3.05, 3.63) is 18.0 Å². The molecule has 1 amide bonds. The lowest BCUT2D eigenvalue weighted by Gasteiger charge is -2.32. The second kappa shape index (κ2) is 6.81. The molecule has 1 N–H and O–H groups in total. The van der Waals surface area contributed by atoms with Crippen molar-refractivity contribution in [3.63, 3.8) is 0 Å². The van der Waals surface area contributed by atoms with Gasteiger partial charge in [0.05, 0.1) is 5.92 Å². The summed E-state index contributed by atoms with van der Waals surface area (Å²) >= 11 is 0. The highest BCUT2D eigenvalue weighted by Crippen LogP contribution is 2.29. The minimum Gasteiger partial charge on any atom is -0.347 e. The Kier molecular flexibility index (Phi) is 5.19. The lowest BCUT2D eigenvalue weighted by molar-refractivity contribution is -0.141. The Morgan fingerprint density at radius 1 is 1.29 bits per heavy atom. The normalized spacial score (nSPS) is 19.2. The van der Waals surface area contributed by atoms with Gasteiger partial charge < -0.3 is 10.2 Å². The summed E-state index contributed by atoms with van der Waals surface area (Å²) in [5.41, 5.74) is -1.11. The number of alkyl halides is 6. The van der Waals surface area contributed by atoms with Crippen molar-refractivity contribution < 1.29 is 31.1 Å². The van der Waals surface area contributed by atoms with Gasteiger partial charge in [0, 0.05) is 19.3 Å². The second-order valence-corrected chi connectivity index (χ2v) is 5.36. The standard InChI is InChI=1S/C13H14F6N4O/c14-12(15,16)7-21-10(24)8-2-1-5-23(6-8)11-20-4-3-9(22-11)13(17,18)19/h3-4,8H,1-2,5-7H2,(H,21,24). The van der Waals surface area contributed by atoms with Crippen LogP contribution in [0.2, 0.25) is 0 Å². The monoisotopic (exact) mass is 356 g/mol. The summed E-state index contributed by atoms with van der Waals surface area (Å²) in [6.45, 7) is -1.16. The van der Waals surface area contributed by atoms with Gasteiger partial charge in [0.1, 0.15) is 12.2 Å². The topological polar surface area (TPSA) is 58.1 Å². The summed E-state index contributed by atoms with van der Waals surface area (Å²) < 4.78 is 74.4. The number of rotatable bonds is 3. The van der Waals surface area contributed by atoms with Crippen LogP contribution >= 0.6 is 0 Å². The Hall–Kier alpha value is -2.07. The van der Waals surface area contributed by atoms with Gasteiger partial charge in [-0.15, -0.1) is 0 Å². The number of halogens is 6. The highest BCUT2D eigenvalue weighted by molar-refractivity contribution is 5.79. The summed E-state index contributed by atoms with van der Waals surface area (Å²) in [5.74, 6) is -1.75. The Balaban J connectivity index is 2.04. The summed E-state index contributed by atoms with van der Waals surface area (Å²) in [4.78, 5) is 20.3. The van der Waals surface area contributed by atoms with Crippen LogP contribution in [-0.2, 0) is 11.0 Å². The quantitative estimate of drug-likeness (QED) is 0.845. The lowest BCUT2D eigenvalue weighted by atomic mass is 9.97. The van der Waals surface area contributed by atoms with Crippen LogP contribution in [0, 0.1) is 5.92 Å². The number of hydrogen-bond acceptors (Lipinski definition) is 4. The molecule has 0 spiro atoms. The molecule has 0 radical (unpaired) electrons. The number of carbonyl (C=O) groups is 1. The van der Waals surface area contributed by atoms with Crippen molar-refractivity contribution in [3.8, 4) is 0 Å². The third kappa shape index (κ3) is 4.96. The third-order valence-corrected chi connectivity index (χ3v) is 3.47. The Bertz CT molecular complexity index is 589. The average molecular weight is 356 g/mol. The van der Waals surface area contributed by atoms with Crippen LogP contribution in [0.15, 0.2) is 12.3 Å². The fraction of sp³-hybridized carbons (Fsp3) is 0.615. The molecule has 1 aliphatic heterocycles. The van der Waals surface area contributed by atoms with E-state index in [9.17, 15) is 31.1 Å². The van der Waals surface area contributed by atoms with Crippen LogP contribution in [0.3, 0.4) is 0 Å². The predicted molar refractivity (Wildman–Crippen MR) is 71.0 cm³/mol. The molecule has 2 heterocycles. The first kappa shape index (κ1) is 18.3. The minimum absolute atomic E-state index is 0.0367. The zero-order valence-corrected chi connectivity index (χ0v) is 12.3. The van der Waals surface area contributed by atoms with E-state index < -0.39 is 36.4 Å². The largest absolute Gasteiger partial charge is 0.433 e. The van der Waals surface area contributed by atoms with Crippen LogP contribution in [0.4, 0.5) is 32.3 Å². The molecule has 1 unspecified atom stereocenters. The Labute approximate surface area is 133 Å². The van der Waals surface area contributed by atoms with Crippen LogP contribution in [0.25, 0.3) is 0 Å². The second-order valence-electron chi connectivity index (χ2n) is 5.36. The number of nitrogens with zero attached hydrogens (tertiary/aromatic N) is 3. The maximum Gasteiger partial charge on any atom is 0.433 e. The third-order valence-electron chi connectivity index (χ3n) is 3.47. The SMILES string of the molecule is O=C(NCC(F)(F)F)C1CCCN(c2nccc(C(F)(F)F)n2)C1. The first-order chi connectivity index (χ1) is 11.1. The molecule has 1 atom stereocenters. The van der Waals surface area contributed by atoms with Gasteiger partial charge in [0.15, 0.2) is 0 Å². The number of hydrogen-bond donors (Lipinski definition) is 1. The number of carbonyl (C=O) groups excluding carboxylic acids is 1. The van der Waals surface area contributed by atoms with Crippen molar-refractivity contribution in [2.45, 2.75) is 25.2 Å². The average Bonchev–Trinajstić information content (AvgIpc) is 2.51. The van der Waals surface area contributed by atoms with Crippen molar-refractivity contribution in [1.29, 1.82) is 0 Å². The van der Waals surface area contributed by atoms with Crippen LogP contribution in [-0.4, -0.2) is 41.7 Å². The van der Waals surface area contributed by atoms with Crippen LogP contribution in [0.1, 0.15) is 18.5 Å². The van der Waals surface area contributed by atoms with Gasteiger partial charge in [-0.05, 0) is 18.9 Å². The molecule has 24 heavy (non-hydrogen) atoms. The predicted octanol–water partition coefficient (Wildman–Crippen LogP) is 2.39. The van der Waals surface area contributed by atoms with E-state index in [-0.39, 0.29) is 12.5 Å². The van der Waals surface area contributed by atoms with Crippen molar-refractivity contribution in [2.75, 3.05) is 24.5 Å². The van der Waals surface area contributed by atoms with E-state index in [1.165, 1.54) is 4.90 Å². The fourth-order valence-electron chi connectivity index (χ4n) is 2.36. The highest BCUT2D eigenvalue weighted by atomic mass is 19.4. The van der Waals surface area contributed by atoms with Crippen molar-refractivity contribution in [2.24, 2.45) is 5.92 Å². The Morgan fingerprint density at radius 3 is 2.62 bits per heavy atom. The molecule has 5 nitrogen and oxygen atoms in total. The van der Waals surface area contributed by atoms with Crippen LogP contribution in [0.5, 0.6) is 0 Å². The summed E-state index contributed by atoms with van der Waals surface area (Å²) in [5, 5.41) is 1.79. The molecule has 11 heteroatoms. The van der Waals surface area contributed by atoms with Gasteiger partial charge in [-0.25, -0.2) is 9.97 Å². The zero-order chi connectivity index (χ0) is 18.0. The first-order valence-electron chi connectivity index (χ1n) is 7.06. The van der Waals surface area contributed by atoms with E-state index in [0.29, 0.717) is 19.4 Å². The number of amides is 1. The zero-order valence-electron chi connectivity index (χ0n) is 12.3. The molecule has 0 bridgehead atoms. The van der Waals surface area contributed by atoms with Gasteiger partial charge >= 0.3 is 12.4 Å². The van der Waals surface area contributed by atoms with Gasteiger partial charge in [0.2, 0.25) is 11.9 Å². The molecule has 0 aromatic carbocycles. The molecular weight excluding hydrogens is 342 g/mol. The molecule has 1 aliphatic rings. The number of anilines is 1. The molecule has 1 aromatic heterocycles. The fourth-order valence-corrected chi connectivity index (χ4v) is 2.36. The molecule has 1 fully saturated rings. The summed E-state index contributed by atoms with van der Waals surface area (Å²) in [7, 11) is 0. The smallest absolute Gasteiger partial charge is 0.347 e. The van der Waals surface area contributed by atoms with Crippen LogP contribution < -0.4 is 10.2 Å².